The van der Waals surface area contributed by atoms with Gasteiger partial charge in [0.15, 0.2) is 5.75 Å². The van der Waals surface area contributed by atoms with Crippen molar-refractivity contribution in [3.8, 4) is 11.5 Å². The van der Waals surface area contributed by atoms with Gasteiger partial charge in [-0.05, 0) is 36.8 Å². The fourth-order valence-electron chi connectivity index (χ4n) is 3.42. The van der Waals surface area contributed by atoms with Gasteiger partial charge in [-0.2, -0.15) is 0 Å². The molecular formula is C24H21N3O4. The Balaban J connectivity index is 1.47. The fourth-order valence-corrected chi connectivity index (χ4v) is 3.42. The van der Waals surface area contributed by atoms with Crippen molar-refractivity contribution in [3.63, 3.8) is 0 Å². The van der Waals surface area contributed by atoms with Gasteiger partial charge < -0.3 is 15.4 Å². The molecule has 0 spiro atoms. The lowest BCUT2D eigenvalue weighted by Crippen LogP contribution is -2.42. The molecule has 3 aromatic carbocycles. The van der Waals surface area contributed by atoms with Crippen LogP contribution in [0.1, 0.15) is 12.5 Å². The van der Waals surface area contributed by atoms with Gasteiger partial charge in [-0.1, -0.05) is 60.7 Å². The maximum absolute atomic E-state index is 13.0. The van der Waals surface area contributed by atoms with Crippen molar-refractivity contribution < 1.29 is 19.1 Å². The average Bonchev–Trinajstić information content (AvgIpc) is 3.00. The molecular weight excluding hydrogens is 394 g/mol. The van der Waals surface area contributed by atoms with Crippen molar-refractivity contribution in [1.82, 2.24) is 10.2 Å². The SMILES string of the molecule is CC1(c2ccccc2)NC(=O)N(CC(=O)Nc2ccccc2Oc2ccccc2)C1=O. The van der Waals surface area contributed by atoms with Gasteiger partial charge in [-0.25, -0.2) is 4.79 Å². The zero-order valence-corrected chi connectivity index (χ0v) is 16.9. The molecule has 1 aliphatic rings. The van der Waals surface area contributed by atoms with E-state index >= 15 is 0 Å². The van der Waals surface area contributed by atoms with E-state index in [2.05, 4.69) is 10.6 Å². The Morgan fingerprint density at radius 1 is 0.935 bits per heavy atom. The number of hydrogen-bond acceptors (Lipinski definition) is 4. The van der Waals surface area contributed by atoms with E-state index in [9.17, 15) is 14.4 Å². The second-order valence-electron chi connectivity index (χ2n) is 7.27. The molecule has 0 radical (unpaired) electrons. The van der Waals surface area contributed by atoms with Crippen LogP contribution in [-0.4, -0.2) is 29.3 Å². The number of rotatable bonds is 6. The Labute approximate surface area is 179 Å². The average molecular weight is 415 g/mol. The van der Waals surface area contributed by atoms with Crippen LogP contribution in [0.25, 0.3) is 0 Å². The number of carbonyl (C=O) groups excluding carboxylic acids is 3. The van der Waals surface area contributed by atoms with E-state index in [4.69, 9.17) is 4.74 Å². The number of amides is 4. The monoisotopic (exact) mass is 415 g/mol. The first-order valence-corrected chi connectivity index (χ1v) is 9.79. The van der Waals surface area contributed by atoms with Crippen molar-refractivity contribution in [1.29, 1.82) is 0 Å². The second kappa shape index (κ2) is 8.31. The highest BCUT2D eigenvalue weighted by Crippen LogP contribution is 2.30. The number of benzene rings is 3. The Bertz CT molecular complexity index is 1120. The van der Waals surface area contributed by atoms with Crippen LogP contribution in [0.3, 0.4) is 0 Å². The van der Waals surface area contributed by atoms with Gasteiger partial charge in [0.25, 0.3) is 5.91 Å². The van der Waals surface area contributed by atoms with Crippen LogP contribution in [0.2, 0.25) is 0 Å². The highest BCUT2D eigenvalue weighted by Gasteiger charge is 2.49. The molecule has 7 nitrogen and oxygen atoms in total. The highest BCUT2D eigenvalue weighted by molar-refractivity contribution is 6.10. The number of urea groups is 1. The molecule has 1 saturated heterocycles. The molecule has 0 bridgehead atoms. The van der Waals surface area contributed by atoms with Crippen LogP contribution >= 0.6 is 0 Å². The second-order valence-corrected chi connectivity index (χ2v) is 7.27. The molecule has 0 aromatic heterocycles. The zero-order valence-electron chi connectivity index (χ0n) is 16.9. The van der Waals surface area contributed by atoms with Crippen molar-refractivity contribution in [2.24, 2.45) is 0 Å². The Morgan fingerprint density at radius 2 is 1.55 bits per heavy atom. The number of anilines is 1. The molecule has 3 aromatic rings. The third-order valence-electron chi connectivity index (χ3n) is 5.06. The maximum Gasteiger partial charge on any atom is 0.325 e. The molecule has 1 atom stereocenters. The summed E-state index contributed by atoms with van der Waals surface area (Å²) in [7, 11) is 0. The van der Waals surface area contributed by atoms with Crippen LogP contribution in [-0.2, 0) is 15.1 Å². The Hall–Kier alpha value is -4.13. The van der Waals surface area contributed by atoms with Crippen molar-refractivity contribution >= 4 is 23.5 Å². The summed E-state index contributed by atoms with van der Waals surface area (Å²) in [5.74, 6) is 0.0860. The predicted octanol–water partition coefficient (Wildman–Crippen LogP) is 3.88. The standard InChI is InChI=1S/C24H21N3O4/c1-24(17-10-4-2-5-11-17)22(29)27(23(30)26-24)16-21(28)25-19-14-8-9-15-20(19)31-18-12-6-3-7-13-18/h2-15H,16H2,1H3,(H,25,28)(H,26,30). The van der Waals surface area contributed by atoms with Crippen LogP contribution in [0.15, 0.2) is 84.9 Å². The third kappa shape index (κ3) is 4.11. The van der Waals surface area contributed by atoms with Gasteiger partial charge >= 0.3 is 6.03 Å². The molecule has 1 aliphatic heterocycles. The summed E-state index contributed by atoms with van der Waals surface area (Å²) in [5, 5.41) is 5.42. The van der Waals surface area contributed by atoms with Gasteiger partial charge in [0.1, 0.15) is 17.8 Å². The van der Waals surface area contributed by atoms with E-state index in [1.807, 2.05) is 24.3 Å². The van der Waals surface area contributed by atoms with E-state index in [1.165, 1.54) is 0 Å². The molecule has 0 aliphatic carbocycles. The zero-order chi connectivity index (χ0) is 21.8. The van der Waals surface area contributed by atoms with Gasteiger partial charge in [0, 0.05) is 0 Å². The largest absolute Gasteiger partial charge is 0.455 e. The molecule has 1 unspecified atom stereocenters. The number of nitrogens with zero attached hydrogens (tertiary/aromatic N) is 1. The van der Waals surface area contributed by atoms with E-state index in [0.29, 0.717) is 22.7 Å². The van der Waals surface area contributed by atoms with E-state index < -0.39 is 29.9 Å². The van der Waals surface area contributed by atoms with Crippen LogP contribution in [0, 0.1) is 0 Å². The summed E-state index contributed by atoms with van der Waals surface area (Å²) >= 11 is 0. The minimum atomic E-state index is -1.22. The summed E-state index contributed by atoms with van der Waals surface area (Å²) in [6.45, 7) is 1.22. The van der Waals surface area contributed by atoms with Gasteiger partial charge in [0.05, 0.1) is 5.69 Å². The topological polar surface area (TPSA) is 87.7 Å². The quantitative estimate of drug-likeness (QED) is 0.598. The van der Waals surface area contributed by atoms with Crippen LogP contribution < -0.4 is 15.4 Å². The lowest BCUT2D eigenvalue weighted by Gasteiger charge is -2.22. The van der Waals surface area contributed by atoms with E-state index in [-0.39, 0.29) is 0 Å². The maximum atomic E-state index is 13.0. The minimum Gasteiger partial charge on any atom is -0.455 e. The molecule has 1 heterocycles. The molecule has 156 valence electrons. The Kier molecular flexibility index (Phi) is 5.41. The van der Waals surface area contributed by atoms with Crippen LogP contribution in [0.4, 0.5) is 10.5 Å². The summed E-state index contributed by atoms with van der Waals surface area (Å²) in [4.78, 5) is 39.0. The number of carbonyl (C=O) groups is 3. The number of para-hydroxylation sites is 3. The number of ether oxygens (including phenoxy) is 1. The van der Waals surface area contributed by atoms with E-state index in [1.54, 1.807) is 67.6 Å². The van der Waals surface area contributed by atoms with Crippen molar-refractivity contribution in [2.45, 2.75) is 12.5 Å². The number of imide groups is 1. The molecule has 2 N–H and O–H groups in total. The highest BCUT2D eigenvalue weighted by atomic mass is 16.5. The first-order chi connectivity index (χ1) is 15.0. The molecule has 1 fully saturated rings. The summed E-state index contributed by atoms with van der Waals surface area (Å²) < 4.78 is 5.84. The molecule has 31 heavy (non-hydrogen) atoms. The summed E-state index contributed by atoms with van der Waals surface area (Å²) in [5.41, 5.74) is -0.125. The Morgan fingerprint density at radius 3 is 2.26 bits per heavy atom. The first-order valence-electron chi connectivity index (χ1n) is 9.79. The molecule has 7 heteroatoms. The number of hydrogen-bond donors (Lipinski definition) is 2. The molecule has 4 amide bonds. The normalized spacial score (nSPS) is 17.9. The van der Waals surface area contributed by atoms with Gasteiger partial charge in [-0.15, -0.1) is 0 Å². The van der Waals surface area contributed by atoms with Gasteiger partial charge in [-0.3, -0.25) is 14.5 Å². The summed E-state index contributed by atoms with van der Waals surface area (Å²) in [6, 6.07) is 24.5. The lowest BCUT2D eigenvalue weighted by atomic mass is 9.92. The predicted molar refractivity (Wildman–Crippen MR) is 116 cm³/mol. The summed E-state index contributed by atoms with van der Waals surface area (Å²) in [6.07, 6.45) is 0. The number of nitrogens with one attached hydrogen (secondary N) is 2. The molecule has 4 rings (SSSR count). The first kappa shape index (κ1) is 20.2. The van der Waals surface area contributed by atoms with E-state index in [0.717, 1.165) is 4.90 Å². The van der Waals surface area contributed by atoms with Crippen molar-refractivity contribution in [3.05, 3.63) is 90.5 Å². The van der Waals surface area contributed by atoms with Crippen molar-refractivity contribution in [2.75, 3.05) is 11.9 Å². The minimum absolute atomic E-state index is 0.410. The fraction of sp³-hybridized carbons (Fsp3) is 0.125. The lowest BCUT2D eigenvalue weighted by molar-refractivity contribution is -0.133. The van der Waals surface area contributed by atoms with Gasteiger partial charge in [0.2, 0.25) is 5.91 Å². The van der Waals surface area contributed by atoms with Crippen LogP contribution in [0.5, 0.6) is 11.5 Å². The smallest absolute Gasteiger partial charge is 0.325 e. The third-order valence-corrected chi connectivity index (χ3v) is 5.06. The molecule has 0 saturated carbocycles.